The Bertz CT molecular complexity index is 425. The van der Waals surface area contributed by atoms with Crippen LogP contribution in [0.3, 0.4) is 0 Å². The van der Waals surface area contributed by atoms with E-state index in [0.29, 0.717) is 6.42 Å². The van der Waals surface area contributed by atoms with Crippen LogP contribution in [0.2, 0.25) is 0 Å². The summed E-state index contributed by atoms with van der Waals surface area (Å²) in [4.78, 5) is 17.6. The van der Waals surface area contributed by atoms with Crippen molar-refractivity contribution in [3.05, 3.63) is 34.9 Å². The van der Waals surface area contributed by atoms with Crippen LogP contribution in [0.5, 0.6) is 0 Å². The Morgan fingerprint density at radius 1 is 1.00 bits per heavy atom. The summed E-state index contributed by atoms with van der Waals surface area (Å²) in [7, 11) is -4.43. The molecule has 0 aromatic carbocycles. The average Bonchev–Trinajstić information content (AvgIpc) is 2.26. The fourth-order valence-electron chi connectivity index (χ4n) is 1.67. The maximum atomic E-state index is 10.8. The summed E-state index contributed by atoms with van der Waals surface area (Å²) < 4.78 is 10.8. The molecule has 3 N–H and O–H groups in total. The lowest BCUT2D eigenvalue weighted by atomic mass is 10.1. The van der Waals surface area contributed by atoms with Crippen molar-refractivity contribution in [2.75, 3.05) is 0 Å². The molecule has 0 fully saturated rings. The van der Waals surface area contributed by atoms with Gasteiger partial charge in [0.25, 0.3) is 0 Å². The third kappa shape index (κ3) is 10.2. The molecular formula is C15H27O4P. The van der Waals surface area contributed by atoms with E-state index in [1.54, 1.807) is 6.92 Å². The van der Waals surface area contributed by atoms with Crippen LogP contribution in [-0.2, 0) is 4.57 Å². The molecule has 1 atom stereocenters. The molecule has 0 amide bonds. The predicted molar refractivity (Wildman–Crippen MR) is 83.5 cm³/mol. The zero-order valence-corrected chi connectivity index (χ0v) is 13.7. The molecule has 0 saturated carbocycles. The molecule has 0 bridgehead atoms. The lowest BCUT2D eigenvalue weighted by molar-refractivity contribution is 0.237. The maximum Gasteiger partial charge on any atom is 0.357 e. The molecule has 0 saturated heterocycles. The zero-order chi connectivity index (χ0) is 15.8. The molecule has 0 spiro atoms. The van der Waals surface area contributed by atoms with Gasteiger partial charge in [0.15, 0.2) is 5.85 Å². The van der Waals surface area contributed by atoms with Crippen LogP contribution in [-0.4, -0.2) is 20.7 Å². The van der Waals surface area contributed by atoms with Crippen molar-refractivity contribution in [2.45, 2.75) is 59.2 Å². The van der Waals surface area contributed by atoms with Gasteiger partial charge in [-0.1, -0.05) is 28.9 Å². The van der Waals surface area contributed by atoms with Crippen molar-refractivity contribution in [1.82, 2.24) is 0 Å². The van der Waals surface area contributed by atoms with Gasteiger partial charge in [0.05, 0.1) is 0 Å². The number of rotatable bonds is 8. The van der Waals surface area contributed by atoms with Crippen molar-refractivity contribution in [3.8, 4) is 0 Å². The molecule has 0 rings (SSSR count). The summed E-state index contributed by atoms with van der Waals surface area (Å²) in [6.45, 7) is 8.02. The van der Waals surface area contributed by atoms with Crippen LogP contribution < -0.4 is 0 Å². The number of hydrogen-bond acceptors (Lipinski definition) is 2. The molecule has 0 aliphatic rings. The van der Waals surface area contributed by atoms with E-state index in [1.807, 2.05) is 0 Å². The normalized spacial score (nSPS) is 15.2. The first-order chi connectivity index (χ1) is 9.12. The van der Waals surface area contributed by atoms with Crippen LogP contribution in [0.4, 0.5) is 0 Å². The minimum Gasteiger partial charge on any atom is -0.377 e. The van der Waals surface area contributed by atoms with Gasteiger partial charge in [-0.3, -0.25) is 4.57 Å². The van der Waals surface area contributed by atoms with Gasteiger partial charge in [0, 0.05) is 0 Å². The van der Waals surface area contributed by atoms with E-state index in [4.69, 9.17) is 9.79 Å². The first-order valence-corrected chi connectivity index (χ1v) is 8.50. The minimum atomic E-state index is -4.43. The molecule has 5 heteroatoms. The second-order valence-electron chi connectivity index (χ2n) is 5.43. The van der Waals surface area contributed by atoms with Crippen LogP contribution >= 0.6 is 7.60 Å². The smallest absolute Gasteiger partial charge is 0.357 e. The van der Waals surface area contributed by atoms with Gasteiger partial charge < -0.3 is 14.9 Å². The Morgan fingerprint density at radius 3 is 2.00 bits per heavy atom. The third-order valence-electron chi connectivity index (χ3n) is 2.90. The molecule has 0 heterocycles. The van der Waals surface area contributed by atoms with Crippen molar-refractivity contribution < 1.29 is 19.5 Å². The van der Waals surface area contributed by atoms with Crippen molar-refractivity contribution in [3.63, 3.8) is 0 Å². The van der Waals surface area contributed by atoms with E-state index >= 15 is 0 Å². The Labute approximate surface area is 122 Å². The highest BCUT2D eigenvalue weighted by atomic mass is 31.2. The van der Waals surface area contributed by atoms with Crippen molar-refractivity contribution in [2.24, 2.45) is 0 Å². The van der Waals surface area contributed by atoms with Gasteiger partial charge >= 0.3 is 7.60 Å². The maximum absolute atomic E-state index is 10.8. The number of aliphatic hydroxyl groups excluding tert-OH is 1. The van der Waals surface area contributed by atoms with E-state index in [2.05, 4.69) is 32.9 Å². The van der Waals surface area contributed by atoms with Gasteiger partial charge in [0.1, 0.15) is 0 Å². The summed E-state index contributed by atoms with van der Waals surface area (Å²) in [5.74, 6) is -1.69. The summed E-state index contributed by atoms with van der Waals surface area (Å²) in [6, 6.07) is 0. The van der Waals surface area contributed by atoms with Crippen LogP contribution in [0.1, 0.15) is 53.4 Å². The molecular weight excluding hydrogens is 275 g/mol. The fraction of sp³-hybridized carbons (Fsp3) is 0.600. The largest absolute Gasteiger partial charge is 0.377 e. The van der Waals surface area contributed by atoms with Crippen LogP contribution in [0.15, 0.2) is 34.9 Å². The molecule has 0 aliphatic heterocycles. The minimum absolute atomic E-state index is 0.692. The van der Waals surface area contributed by atoms with E-state index < -0.39 is 13.4 Å². The number of aliphatic hydroxyl groups is 1. The van der Waals surface area contributed by atoms with Gasteiger partial charge in [-0.2, -0.15) is 0 Å². The first kappa shape index (κ1) is 19.3. The van der Waals surface area contributed by atoms with E-state index in [9.17, 15) is 9.67 Å². The standard InChI is InChI=1S/C15H27O4P/c1-12(2)7-5-8-13(3)9-6-10-14(4)11-15(16)20(17,18)19/h7,9,11,15-16H,5-6,8,10H2,1-4H3,(H2,17,18,19)/b13-9-,14-11-/t15-/m1/s1. The quantitative estimate of drug-likeness (QED) is 0.469. The highest BCUT2D eigenvalue weighted by molar-refractivity contribution is 7.52. The van der Waals surface area contributed by atoms with Gasteiger partial charge in [0.2, 0.25) is 0 Å². The van der Waals surface area contributed by atoms with Crippen molar-refractivity contribution in [1.29, 1.82) is 0 Å². The summed E-state index contributed by atoms with van der Waals surface area (Å²) >= 11 is 0. The zero-order valence-electron chi connectivity index (χ0n) is 12.8. The summed E-state index contributed by atoms with van der Waals surface area (Å²) in [5.41, 5.74) is 3.42. The Hall–Kier alpha value is -0.670. The molecule has 20 heavy (non-hydrogen) atoms. The topological polar surface area (TPSA) is 77.8 Å². The SMILES string of the molecule is CC(C)=CCC/C(C)=C\CC/C(C)=C\[C@H](O)P(=O)(O)O. The molecule has 0 aliphatic carbocycles. The second kappa shape index (κ2) is 9.30. The first-order valence-electron chi connectivity index (χ1n) is 6.82. The number of hydrogen-bond donors (Lipinski definition) is 3. The lowest BCUT2D eigenvalue weighted by Gasteiger charge is -2.09. The second-order valence-corrected chi connectivity index (χ2v) is 7.13. The Morgan fingerprint density at radius 2 is 1.50 bits per heavy atom. The molecule has 116 valence electrons. The Balaban J connectivity index is 4.19. The van der Waals surface area contributed by atoms with E-state index in [-0.39, 0.29) is 0 Å². The van der Waals surface area contributed by atoms with Gasteiger partial charge in [-0.25, -0.2) is 0 Å². The highest BCUT2D eigenvalue weighted by Crippen LogP contribution is 2.40. The van der Waals surface area contributed by atoms with Crippen LogP contribution in [0.25, 0.3) is 0 Å². The highest BCUT2D eigenvalue weighted by Gasteiger charge is 2.23. The fourth-order valence-corrected chi connectivity index (χ4v) is 2.12. The lowest BCUT2D eigenvalue weighted by Crippen LogP contribution is -2.03. The van der Waals surface area contributed by atoms with E-state index in [1.165, 1.54) is 17.2 Å². The molecule has 0 aromatic heterocycles. The summed E-state index contributed by atoms with van der Waals surface area (Å²) in [6.07, 6.45) is 9.16. The van der Waals surface area contributed by atoms with Crippen LogP contribution in [0, 0.1) is 0 Å². The Kier molecular flexibility index (Phi) is 8.99. The molecule has 4 nitrogen and oxygen atoms in total. The monoisotopic (exact) mass is 302 g/mol. The molecule has 0 aromatic rings. The molecule has 0 unspecified atom stereocenters. The predicted octanol–water partition coefficient (Wildman–Crippen LogP) is 3.90. The van der Waals surface area contributed by atoms with Gasteiger partial charge in [-0.15, -0.1) is 0 Å². The van der Waals surface area contributed by atoms with Gasteiger partial charge in [-0.05, 0) is 59.5 Å². The average molecular weight is 302 g/mol. The third-order valence-corrected chi connectivity index (χ3v) is 3.74. The van der Waals surface area contributed by atoms with E-state index in [0.717, 1.165) is 24.8 Å². The molecule has 0 radical (unpaired) electrons. The number of allylic oxidation sites excluding steroid dienone is 5. The summed E-state index contributed by atoms with van der Waals surface area (Å²) in [5, 5.41) is 9.27. The van der Waals surface area contributed by atoms with Crippen molar-refractivity contribution >= 4 is 7.60 Å².